The molecule has 3 nitrogen and oxygen atoms in total. The highest BCUT2D eigenvalue weighted by atomic mass is 19.4. The zero-order valence-electron chi connectivity index (χ0n) is 11.4. The van der Waals surface area contributed by atoms with Gasteiger partial charge in [0.2, 0.25) is 11.8 Å². The van der Waals surface area contributed by atoms with E-state index in [1.54, 1.807) is 0 Å². The number of alkyl halides is 6. The van der Waals surface area contributed by atoms with E-state index in [0.29, 0.717) is 6.42 Å². The van der Waals surface area contributed by atoms with E-state index in [1.165, 1.54) is 0 Å². The van der Waals surface area contributed by atoms with E-state index < -0.39 is 29.7 Å². The number of hydrogen-bond acceptors (Lipinski definition) is 2. The smallest absolute Gasteiger partial charge is 0.349 e. The van der Waals surface area contributed by atoms with Crippen molar-refractivity contribution in [1.82, 2.24) is 5.32 Å². The van der Waals surface area contributed by atoms with Crippen molar-refractivity contribution in [3.8, 4) is 0 Å². The van der Waals surface area contributed by atoms with Crippen LogP contribution in [0.1, 0.15) is 32.6 Å². The van der Waals surface area contributed by atoms with Crippen molar-refractivity contribution in [1.29, 1.82) is 0 Å². The van der Waals surface area contributed by atoms with E-state index in [1.807, 2.05) is 12.2 Å². The van der Waals surface area contributed by atoms with Crippen LogP contribution in [0, 0.1) is 11.8 Å². The number of nitrogens with one attached hydrogen (secondary N) is 1. The standard InChI is InChI=1S/C12H18F6N2O/c1-7-3-2-4-10(5-7,6-19)20-9(21)8(11(13,14)15)12(16,17)18/h7-8H,2-6,19H2,1H3,(H,20,21). The summed E-state index contributed by atoms with van der Waals surface area (Å²) < 4.78 is 75.1. The van der Waals surface area contributed by atoms with Gasteiger partial charge in [-0.25, -0.2) is 0 Å². The number of rotatable bonds is 3. The van der Waals surface area contributed by atoms with Gasteiger partial charge in [-0.05, 0) is 18.8 Å². The minimum absolute atomic E-state index is 0.0813. The average molecular weight is 320 g/mol. The molecule has 1 saturated carbocycles. The van der Waals surface area contributed by atoms with Crippen LogP contribution in [0.25, 0.3) is 0 Å². The van der Waals surface area contributed by atoms with Crippen LogP contribution < -0.4 is 11.1 Å². The van der Waals surface area contributed by atoms with Gasteiger partial charge in [-0.3, -0.25) is 4.79 Å². The molecule has 2 atom stereocenters. The van der Waals surface area contributed by atoms with Gasteiger partial charge >= 0.3 is 12.4 Å². The fraction of sp³-hybridized carbons (Fsp3) is 0.917. The molecule has 0 aromatic rings. The van der Waals surface area contributed by atoms with Gasteiger partial charge in [0.15, 0.2) is 0 Å². The van der Waals surface area contributed by atoms with E-state index in [0.717, 1.165) is 6.42 Å². The molecule has 0 spiro atoms. The molecule has 0 bridgehead atoms. The Morgan fingerprint density at radius 2 is 1.81 bits per heavy atom. The number of carbonyl (C=O) groups excluding carboxylic acids is 1. The lowest BCUT2D eigenvalue weighted by molar-refractivity contribution is -0.274. The van der Waals surface area contributed by atoms with Crippen LogP contribution in [-0.2, 0) is 4.79 Å². The number of halogens is 6. The molecule has 0 aromatic heterocycles. The third-order valence-electron chi connectivity index (χ3n) is 3.79. The molecular formula is C12H18F6N2O. The Balaban J connectivity index is 2.95. The van der Waals surface area contributed by atoms with Crippen LogP contribution in [0.4, 0.5) is 26.3 Å². The maximum Gasteiger partial charge on any atom is 0.409 e. The Morgan fingerprint density at radius 1 is 1.29 bits per heavy atom. The first kappa shape index (κ1) is 18.1. The SMILES string of the molecule is CC1CCCC(CN)(NC(=O)C(C(F)(F)F)C(F)(F)F)C1. The minimum atomic E-state index is -5.68. The van der Waals surface area contributed by atoms with Crippen molar-refractivity contribution in [3.05, 3.63) is 0 Å². The van der Waals surface area contributed by atoms with Crippen molar-refractivity contribution in [2.45, 2.75) is 50.5 Å². The van der Waals surface area contributed by atoms with Crippen LogP contribution in [0.5, 0.6) is 0 Å². The Bertz CT molecular complexity index is 367. The van der Waals surface area contributed by atoms with Crippen molar-refractivity contribution >= 4 is 5.91 Å². The summed E-state index contributed by atoms with van der Waals surface area (Å²) in [6.07, 6.45) is -9.41. The third-order valence-corrected chi connectivity index (χ3v) is 3.79. The molecule has 1 rings (SSSR count). The lowest BCUT2D eigenvalue weighted by Gasteiger charge is -2.41. The number of carbonyl (C=O) groups is 1. The second-order valence-electron chi connectivity index (χ2n) is 5.69. The van der Waals surface area contributed by atoms with Gasteiger partial charge in [-0.2, -0.15) is 26.3 Å². The van der Waals surface area contributed by atoms with Crippen LogP contribution in [0.15, 0.2) is 0 Å². The molecule has 9 heteroatoms. The first-order valence-electron chi connectivity index (χ1n) is 6.57. The molecule has 0 aliphatic heterocycles. The molecular weight excluding hydrogens is 302 g/mol. The molecule has 1 aliphatic carbocycles. The average Bonchev–Trinajstić information content (AvgIpc) is 2.24. The normalized spacial score (nSPS) is 27.8. The molecule has 2 unspecified atom stereocenters. The van der Waals surface area contributed by atoms with Crippen molar-refractivity contribution in [3.63, 3.8) is 0 Å². The molecule has 3 N–H and O–H groups in total. The molecule has 124 valence electrons. The third kappa shape index (κ3) is 4.49. The first-order chi connectivity index (χ1) is 9.41. The Morgan fingerprint density at radius 3 is 2.19 bits per heavy atom. The maximum atomic E-state index is 12.5. The van der Waals surface area contributed by atoms with Gasteiger partial charge in [-0.1, -0.05) is 19.8 Å². The maximum absolute atomic E-state index is 12.5. The van der Waals surface area contributed by atoms with Gasteiger partial charge in [0, 0.05) is 6.54 Å². The molecule has 21 heavy (non-hydrogen) atoms. The van der Waals surface area contributed by atoms with Crippen LogP contribution in [0.2, 0.25) is 0 Å². The molecule has 1 aliphatic rings. The summed E-state index contributed by atoms with van der Waals surface area (Å²) in [6, 6.07) is 0. The molecule has 0 aromatic carbocycles. The van der Waals surface area contributed by atoms with E-state index in [-0.39, 0.29) is 25.3 Å². The first-order valence-corrected chi connectivity index (χ1v) is 6.57. The van der Waals surface area contributed by atoms with Gasteiger partial charge < -0.3 is 11.1 Å². The van der Waals surface area contributed by atoms with Crippen LogP contribution >= 0.6 is 0 Å². The lowest BCUT2D eigenvalue weighted by Crippen LogP contribution is -2.60. The predicted molar refractivity (Wildman–Crippen MR) is 63.2 cm³/mol. The molecule has 0 radical (unpaired) electrons. The zero-order valence-corrected chi connectivity index (χ0v) is 11.4. The monoisotopic (exact) mass is 320 g/mol. The quantitative estimate of drug-likeness (QED) is 0.786. The highest BCUT2D eigenvalue weighted by Crippen LogP contribution is 2.40. The van der Waals surface area contributed by atoms with Crippen molar-refractivity contribution < 1.29 is 31.1 Å². The van der Waals surface area contributed by atoms with E-state index in [4.69, 9.17) is 5.73 Å². The number of hydrogen-bond donors (Lipinski definition) is 2. The van der Waals surface area contributed by atoms with Crippen molar-refractivity contribution in [2.24, 2.45) is 17.6 Å². The second-order valence-corrected chi connectivity index (χ2v) is 5.69. The zero-order chi connectivity index (χ0) is 16.5. The van der Waals surface area contributed by atoms with E-state index in [2.05, 4.69) is 0 Å². The summed E-state index contributed by atoms with van der Waals surface area (Å²) in [6.45, 7) is 1.63. The van der Waals surface area contributed by atoms with Crippen LogP contribution in [-0.4, -0.2) is 30.3 Å². The summed E-state index contributed by atoms with van der Waals surface area (Å²) in [4.78, 5) is 11.6. The predicted octanol–water partition coefficient (Wildman–Crippen LogP) is 2.75. The van der Waals surface area contributed by atoms with Gasteiger partial charge in [0.25, 0.3) is 0 Å². The minimum Gasteiger partial charge on any atom is -0.349 e. The Hall–Kier alpha value is -0.990. The van der Waals surface area contributed by atoms with Gasteiger partial charge in [0.1, 0.15) is 0 Å². The highest BCUT2D eigenvalue weighted by molar-refractivity contribution is 5.81. The fourth-order valence-electron chi connectivity index (χ4n) is 2.83. The molecule has 0 saturated heterocycles. The summed E-state index contributed by atoms with van der Waals surface area (Å²) in [5, 5.41) is 1.92. The van der Waals surface area contributed by atoms with Crippen molar-refractivity contribution in [2.75, 3.05) is 6.54 Å². The largest absolute Gasteiger partial charge is 0.409 e. The Kier molecular flexibility index (Phi) is 5.18. The summed E-state index contributed by atoms with van der Waals surface area (Å²) in [5.41, 5.74) is 4.30. The summed E-state index contributed by atoms with van der Waals surface area (Å²) >= 11 is 0. The number of amides is 1. The second kappa shape index (κ2) is 6.02. The molecule has 1 fully saturated rings. The number of nitrogens with two attached hydrogens (primary N) is 1. The summed E-state index contributed by atoms with van der Waals surface area (Å²) in [5.74, 6) is -6.02. The molecule has 1 amide bonds. The Labute approximate surface area is 118 Å². The van der Waals surface area contributed by atoms with E-state index in [9.17, 15) is 31.1 Å². The fourth-order valence-corrected chi connectivity index (χ4v) is 2.83. The topological polar surface area (TPSA) is 55.1 Å². The van der Waals surface area contributed by atoms with E-state index >= 15 is 0 Å². The summed E-state index contributed by atoms with van der Waals surface area (Å²) in [7, 11) is 0. The highest BCUT2D eigenvalue weighted by Gasteiger charge is 2.61. The van der Waals surface area contributed by atoms with Gasteiger partial charge in [-0.15, -0.1) is 0 Å². The molecule has 0 heterocycles. The van der Waals surface area contributed by atoms with Crippen LogP contribution in [0.3, 0.4) is 0 Å². The lowest BCUT2D eigenvalue weighted by atomic mass is 9.76. The van der Waals surface area contributed by atoms with Gasteiger partial charge in [0.05, 0.1) is 5.54 Å².